The van der Waals surface area contributed by atoms with Crippen molar-refractivity contribution < 1.29 is 20.4 Å². The van der Waals surface area contributed by atoms with Crippen LogP contribution in [0.25, 0.3) is 0 Å². The summed E-state index contributed by atoms with van der Waals surface area (Å²) < 4.78 is 0. The molecule has 24 heavy (non-hydrogen) atoms. The second-order valence-corrected chi connectivity index (χ2v) is 6.85. The maximum Gasteiger partial charge on any atom is 0 e. The summed E-state index contributed by atoms with van der Waals surface area (Å²) in [7, 11) is -0.446. The Morgan fingerprint density at radius 3 is 1.04 bits per heavy atom. The minimum absolute atomic E-state index is 0. The van der Waals surface area contributed by atoms with E-state index in [-0.39, 0.29) is 32.8 Å². The summed E-state index contributed by atoms with van der Waals surface area (Å²) in [6.07, 6.45) is 1.50. The van der Waals surface area contributed by atoms with Gasteiger partial charge >= 0.3 is 0 Å². The Balaban J connectivity index is 0.000000988. The second-order valence-electron chi connectivity index (χ2n) is 4.63. The van der Waals surface area contributed by atoms with Crippen LogP contribution in [0.3, 0.4) is 0 Å². The summed E-state index contributed by atoms with van der Waals surface area (Å²) in [6, 6.07) is 32.3. The van der Waals surface area contributed by atoms with Gasteiger partial charge in [0, 0.05) is 20.4 Å². The second kappa shape index (κ2) is 13.0. The van der Waals surface area contributed by atoms with Gasteiger partial charge in [-0.25, -0.2) is 19.6 Å². The molecule has 0 fully saturated rings. The van der Waals surface area contributed by atoms with Gasteiger partial charge in [-0.3, -0.25) is 0 Å². The van der Waals surface area contributed by atoms with E-state index < -0.39 is 7.92 Å². The molecule has 0 bridgehead atoms. The Labute approximate surface area is 166 Å². The van der Waals surface area contributed by atoms with Crippen LogP contribution in [0.2, 0.25) is 0 Å². The standard InChI is InChI=1S/C18H15P.C3H5.ClH.Pd/c1-4-10-16(11-5-1)19(17-12-6-2-7-13-17)18-14-8-3-9-15-18;1-3-2;;/h1-15H;3H,1-2H2;1H;/q;-1;;. The first-order valence-electron chi connectivity index (χ1n) is 7.22. The minimum atomic E-state index is -0.446. The smallest absolute Gasteiger partial charge is 0 e. The van der Waals surface area contributed by atoms with E-state index in [0.29, 0.717) is 0 Å². The third kappa shape index (κ3) is 6.64. The molecule has 0 saturated carbocycles. The largest absolute Gasteiger partial charge is 0.245 e. The Hall–Kier alpha value is -1.35. The molecule has 0 atom stereocenters. The first-order valence-corrected chi connectivity index (χ1v) is 8.56. The number of rotatable bonds is 3. The molecular formula is C21H21ClPPd-. The van der Waals surface area contributed by atoms with Crippen LogP contribution in [0.4, 0.5) is 0 Å². The van der Waals surface area contributed by atoms with Gasteiger partial charge in [0.05, 0.1) is 0 Å². The first kappa shape index (κ1) is 22.7. The zero-order chi connectivity index (χ0) is 15.6. The van der Waals surface area contributed by atoms with Crippen LogP contribution >= 0.6 is 20.3 Å². The van der Waals surface area contributed by atoms with Gasteiger partial charge in [0.2, 0.25) is 0 Å². The third-order valence-electron chi connectivity index (χ3n) is 3.04. The predicted octanol–water partition coefficient (Wildman–Crippen LogP) is 4.87. The fraction of sp³-hybridized carbons (Fsp3) is 0. The van der Waals surface area contributed by atoms with E-state index in [9.17, 15) is 0 Å². The Morgan fingerprint density at radius 1 is 0.625 bits per heavy atom. The van der Waals surface area contributed by atoms with Crippen molar-refractivity contribution in [1.82, 2.24) is 0 Å². The van der Waals surface area contributed by atoms with Gasteiger partial charge in [-0.05, 0) is 23.8 Å². The molecule has 3 aromatic rings. The molecule has 0 aliphatic heterocycles. The summed E-state index contributed by atoms with van der Waals surface area (Å²) in [5.74, 6) is 0. The molecule has 0 amide bonds. The van der Waals surface area contributed by atoms with E-state index in [1.165, 1.54) is 22.0 Å². The molecule has 0 unspecified atom stereocenters. The Morgan fingerprint density at radius 2 is 0.833 bits per heavy atom. The summed E-state index contributed by atoms with van der Waals surface area (Å²) in [5.41, 5.74) is 0. The van der Waals surface area contributed by atoms with E-state index in [4.69, 9.17) is 0 Å². The molecule has 3 heteroatoms. The first-order chi connectivity index (χ1) is 10.9. The molecule has 0 N–H and O–H groups in total. The van der Waals surface area contributed by atoms with Gasteiger partial charge in [0.25, 0.3) is 0 Å². The van der Waals surface area contributed by atoms with Gasteiger partial charge in [-0.15, -0.1) is 12.4 Å². The molecule has 0 heterocycles. The maximum absolute atomic E-state index is 3.25. The van der Waals surface area contributed by atoms with Gasteiger partial charge in [0.1, 0.15) is 0 Å². The molecule has 0 aromatic heterocycles. The molecule has 0 aliphatic rings. The van der Waals surface area contributed by atoms with Crippen LogP contribution in [0.5, 0.6) is 0 Å². The fourth-order valence-electron chi connectivity index (χ4n) is 2.18. The maximum atomic E-state index is 3.25. The van der Waals surface area contributed by atoms with Crippen LogP contribution in [0.15, 0.2) is 104 Å². The zero-order valence-electron chi connectivity index (χ0n) is 13.3. The quantitative estimate of drug-likeness (QED) is 0.306. The average molecular weight is 446 g/mol. The topological polar surface area (TPSA) is 0 Å². The van der Waals surface area contributed by atoms with Crippen molar-refractivity contribution in [3.8, 4) is 0 Å². The number of allylic oxidation sites excluding steroid dienone is 1. The normalized spacial score (nSPS) is 8.88. The number of hydrogen-bond acceptors (Lipinski definition) is 0. The van der Waals surface area contributed by atoms with Crippen molar-refractivity contribution in [2.24, 2.45) is 0 Å². The molecule has 0 saturated heterocycles. The summed E-state index contributed by atoms with van der Waals surface area (Å²) in [4.78, 5) is 0. The van der Waals surface area contributed by atoms with Crippen molar-refractivity contribution in [2.45, 2.75) is 0 Å². The van der Waals surface area contributed by atoms with Gasteiger partial charge < -0.3 is 0 Å². The van der Waals surface area contributed by atoms with Crippen LogP contribution < -0.4 is 15.9 Å². The van der Waals surface area contributed by atoms with Crippen molar-refractivity contribution >= 4 is 36.2 Å². The number of benzene rings is 3. The molecule has 0 aliphatic carbocycles. The SMILES string of the molecule is C=C[CH2-].Cl.[Pd].c1ccc(P(c2ccccc2)c2ccccc2)cc1. The van der Waals surface area contributed by atoms with Crippen LogP contribution in [0.1, 0.15) is 0 Å². The minimum Gasteiger partial charge on any atom is -0.245 e. The fourth-order valence-corrected chi connectivity index (χ4v) is 4.48. The number of halogens is 1. The number of hydrogen-bond donors (Lipinski definition) is 0. The van der Waals surface area contributed by atoms with Crippen molar-refractivity contribution in [3.05, 3.63) is 111 Å². The Bertz CT molecular complexity index is 578. The summed E-state index contributed by atoms with van der Waals surface area (Å²) in [6.45, 7) is 6.50. The molecule has 3 aromatic carbocycles. The van der Waals surface area contributed by atoms with E-state index in [1.807, 2.05) is 0 Å². The van der Waals surface area contributed by atoms with Crippen molar-refractivity contribution in [1.29, 1.82) is 0 Å². The summed E-state index contributed by atoms with van der Waals surface area (Å²) >= 11 is 0. The molecular weight excluding hydrogens is 425 g/mol. The molecule has 128 valence electrons. The van der Waals surface area contributed by atoms with E-state index >= 15 is 0 Å². The predicted molar refractivity (Wildman–Crippen MR) is 108 cm³/mol. The van der Waals surface area contributed by atoms with Crippen LogP contribution in [-0.2, 0) is 20.4 Å². The molecule has 3 rings (SSSR count). The van der Waals surface area contributed by atoms with Gasteiger partial charge in [0.15, 0.2) is 0 Å². The average Bonchev–Trinajstić information content (AvgIpc) is 2.59. The van der Waals surface area contributed by atoms with Crippen molar-refractivity contribution in [2.75, 3.05) is 0 Å². The van der Waals surface area contributed by atoms with E-state index in [0.717, 1.165) is 0 Å². The zero-order valence-corrected chi connectivity index (χ0v) is 16.6. The van der Waals surface area contributed by atoms with E-state index in [1.54, 1.807) is 0 Å². The van der Waals surface area contributed by atoms with Crippen LogP contribution in [-0.4, -0.2) is 0 Å². The molecule has 0 nitrogen and oxygen atoms in total. The van der Waals surface area contributed by atoms with Gasteiger partial charge in [-0.1, -0.05) is 91.0 Å². The summed E-state index contributed by atoms with van der Waals surface area (Å²) in [5, 5.41) is 4.19. The third-order valence-corrected chi connectivity index (χ3v) is 5.49. The van der Waals surface area contributed by atoms with Gasteiger partial charge in [-0.2, -0.15) is 0 Å². The molecule has 0 radical (unpaired) electrons. The van der Waals surface area contributed by atoms with E-state index in [2.05, 4.69) is 104 Å². The van der Waals surface area contributed by atoms with Crippen LogP contribution in [0, 0.1) is 6.92 Å². The Kier molecular flexibility index (Phi) is 12.3. The molecule has 0 spiro atoms. The monoisotopic (exact) mass is 445 g/mol. The van der Waals surface area contributed by atoms with Crippen molar-refractivity contribution in [3.63, 3.8) is 0 Å².